The number of rotatable bonds is 25. The summed E-state index contributed by atoms with van der Waals surface area (Å²) in [5.41, 5.74) is 0. The lowest BCUT2D eigenvalue weighted by Gasteiger charge is -2.21. The van der Waals surface area contributed by atoms with Crippen molar-refractivity contribution in [3.05, 3.63) is 0 Å². The predicted molar refractivity (Wildman–Crippen MR) is 138 cm³/mol. The summed E-state index contributed by atoms with van der Waals surface area (Å²) in [5.74, 6) is 0.0168. The molecule has 1 N–H and O–H groups in total. The molecule has 1 atom stereocenters. The number of carbonyl (C=O) groups is 1. The third kappa shape index (κ3) is 21.2. The fourth-order valence-corrected chi connectivity index (χ4v) is 4.30. The van der Waals surface area contributed by atoms with Crippen molar-refractivity contribution >= 4 is 5.97 Å². The third-order valence-electron chi connectivity index (χ3n) is 6.41. The molecule has 4 nitrogen and oxygen atoms in total. The summed E-state index contributed by atoms with van der Waals surface area (Å²) < 4.78 is 5.85. The van der Waals surface area contributed by atoms with Gasteiger partial charge in [0.05, 0.1) is 6.61 Å². The molecule has 0 aliphatic heterocycles. The van der Waals surface area contributed by atoms with E-state index in [1.54, 1.807) is 0 Å². The van der Waals surface area contributed by atoms with E-state index in [0.717, 1.165) is 45.3 Å². The van der Waals surface area contributed by atoms with Crippen molar-refractivity contribution in [2.45, 2.75) is 149 Å². The Kier molecular flexibility index (Phi) is 24.5. The van der Waals surface area contributed by atoms with Gasteiger partial charge in [-0.3, -0.25) is 4.79 Å². The van der Waals surface area contributed by atoms with Crippen LogP contribution >= 0.6 is 0 Å². The van der Waals surface area contributed by atoms with Crippen LogP contribution in [-0.2, 0) is 9.53 Å². The molecule has 0 aromatic heterocycles. The highest BCUT2D eigenvalue weighted by atomic mass is 16.5. The first-order chi connectivity index (χ1) is 15.7. The molecule has 0 aromatic rings. The Morgan fingerprint density at radius 3 is 1.72 bits per heavy atom. The Hall–Kier alpha value is -0.610. The highest BCUT2D eigenvalue weighted by molar-refractivity contribution is 5.69. The average Bonchev–Trinajstić information content (AvgIpc) is 2.78. The summed E-state index contributed by atoms with van der Waals surface area (Å²) in [5, 5.41) is 9.27. The van der Waals surface area contributed by atoms with Crippen LogP contribution < -0.4 is 0 Å². The Balaban J connectivity index is 3.89. The van der Waals surface area contributed by atoms with Crippen LogP contribution in [0.15, 0.2) is 0 Å². The van der Waals surface area contributed by atoms with Gasteiger partial charge in [-0.05, 0) is 58.0 Å². The summed E-state index contributed by atoms with van der Waals surface area (Å²) in [6.45, 7) is 9.96. The van der Waals surface area contributed by atoms with Gasteiger partial charge in [-0.15, -0.1) is 0 Å². The molecule has 0 fully saturated rings. The van der Waals surface area contributed by atoms with Gasteiger partial charge in [0, 0.05) is 13.0 Å². The van der Waals surface area contributed by atoms with E-state index in [9.17, 15) is 9.90 Å². The van der Waals surface area contributed by atoms with Crippen LogP contribution in [0.5, 0.6) is 0 Å². The van der Waals surface area contributed by atoms with Crippen molar-refractivity contribution in [3.63, 3.8) is 0 Å². The van der Waals surface area contributed by atoms with Crippen molar-refractivity contribution in [1.29, 1.82) is 0 Å². The molecule has 0 saturated heterocycles. The van der Waals surface area contributed by atoms with E-state index in [2.05, 4.69) is 25.7 Å². The third-order valence-corrected chi connectivity index (χ3v) is 6.41. The molecule has 192 valence electrons. The highest BCUT2D eigenvalue weighted by Crippen LogP contribution is 2.17. The predicted octanol–water partition coefficient (Wildman–Crippen LogP) is 7.66. The second-order valence-corrected chi connectivity index (χ2v) is 9.60. The maximum Gasteiger partial charge on any atom is 0.306 e. The molecule has 0 spiro atoms. The number of carbonyl (C=O) groups excluding carboxylic acids is 1. The number of nitrogens with zero attached hydrogens (tertiary/aromatic N) is 1. The minimum Gasteiger partial charge on any atom is -0.462 e. The van der Waals surface area contributed by atoms with E-state index >= 15 is 0 Å². The van der Waals surface area contributed by atoms with Gasteiger partial charge in [0.15, 0.2) is 0 Å². The molecule has 0 aromatic carbocycles. The van der Waals surface area contributed by atoms with E-state index in [0.29, 0.717) is 6.42 Å². The van der Waals surface area contributed by atoms with Gasteiger partial charge in [-0.1, -0.05) is 91.4 Å². The minimum atomic E-state index is 0.0168. The molecular formula is C28H57NO3. The first-order valence-electron chi connectivity index (χ1n) is 14.2. The quantitative estimate of drug-likeness (QED) is 0.113. The summed E-state index contributed by atoms with van der Waals surface area (Å²) in [4.78, 5) is 14.7. The fourth-order valence-electron chi connectivity index (χ4n) is 4.30. The Morgan fingerprint density at radius 2 is 1.12 bits per heavy atom. The molecule has 32 heavy (non-hydrogen) atoms. The van der Waals surface area contributed by atoms with E-state index in [-0.39, 0.29) is 18.7 Å². The van der Waals surface area contributed by atoms with Gasteiger partial charge in [0.2, 0.25) is 0 Å². The lowest BCUT2D eigenvalue weighted by atomic mass is 10.0. The number of unbranched alkanes of at least 4 members (excludes halogenated alkanes) is 12. The molecule has 0 rings (SSSR count). The Bertz CT molecular complexity index is 389. The molecule has 0 saturated carbocycles. The number of ether oxygens (including phenoxy) is 1. The summed E-state index contributed by atoms with van der Waals surface area (Å²) >= 11 is 0. The van der Waals surface area contributed by atoms with E-state index < -0.39 is 0 Å². The van der Waals surface area contributed by atoms with Crippen LogP contribution in [0.3, 0.4) is 0 Å². The molecule has 0 bridgehead atoms. The molecule has 0 radical (unpaired) electrons. The normalized spacial score (nSPS) is 12.4. The molecule has 0 heterocycles. The zero-order valence-electron chi connectivity index (χ0n) is 22.1. The van der Waals surface area contributed by atoms with E-state index in [1.165, 1.54) is 89.9 Å². The average molecular weight is 456 g/mol. The maximum atomic E-state index is 12.3. The van der Waals surface area contributed by atoms with Gasteiger partial charge < -0.3 is 14.7 Å². The van der Waals surface area contributed by atoms with Crippen LogP contribution in [0.25, 0.3) is 0 Å². The molecular weight excluding hydrogens is 398 g/mol. The monoisotopic (exact) mass is 455 g/mol. The molecule has 4 heteroatoms. The van der Waals surface area contributed by atoms with Crippen LogP contribution in [-0.4, -0.2) is 48.3 Å². The number of hydrogen-bond donors (Lipinski definition) is 1. The minimum absolute atomic E-state index is 0.0168. The number of hydrogen-bond acceptors (Lipinski definition) is 4. The SMILES string of the molecule is CCCCCCC(CCCCC)OC(=O)CCCCCCCN(CCO)CCCCCC. The largest absolute Gasteiger partial charge is 0.462 e. The first kappa shape index (κ1) is 31.4. The number of aliphatic hydroxyl groups is 1. The fraction of sp³-hybridized carbons (Fsp3) is 0.964. The van der Waals surface area contributed by atoms with E-state index in [1.807, 2.05) is 0 Å². The second kappa shape index (κ2) is 25.0. The number of esters is 1. The molecule has 1 unspecified atom stereocenters. The Labute approximate surface area is 200 Å². The topological polar surface area (TPSA) is 49.8 Å². The summed E-state index contributed by atoms with van der Waals surface area (Å²) in [6, 6.07) is 0. The lowest BCUT2D eigenvalue weighted by Crippen LogP contribution is -2.29. The zero-order valence-corrected chi connectivity index (χ0v) is 22.1. The van der Waals surface area contributed by atoms with Gasteiger partial charge in [0.25, 0.3) is 0 Å². The molecule has 0 aliphatic rings. The molecule has 0 aliphatic carbocycles. The van der Waals surface area contributed by atoms with Crippen molar-refractivity contribution in [1.82, 2.24) is 4.90 Å². The van der Waals surface area contributed by atoms with Crippen LogP contribution in [0.2, 0.25) is 0 Å². The van der Waals surface area contributed by atoms with Crippen LogP contribution in [0, 0.1) is 0 Å². The lowest BCUT2D eigenvalue weighted by molar-refractivity contribution is -0.150. The Morgan fingerprint density at radius 1 is 0.656 bits per heavy atom. The van der Waals surface area contributed by atoms with Crippen molar-refractivity contribution < 1.29 is 14.6 Å². The highest BCUT2D eigenvalue weighted by Gasteiger charge is 2.14. The second-order valence-electron chi connectivity index (χ2n) is 9.60. The maximum absolute atomic E-state index is 12.3. The first-order valence-corrected chi connectivity index (χ1v) is 14.2. The standard InChI is InChI=1S/C28H57NO3/c1-4-7-10-16-21-27(20-15-9-6-3)32-28(31)22-17-13-12-14-19-24-29(25-26-30)23-18-11-8-5-2/h27,30H,4-26H2,1-3H3. The van der Waals surface area contributed by atoms with Crippen molar-refractivity contribution in [2.75, 3.05) is 26.2 Å². The zero-order chi connectivity index (χ0) is 23.7. The molecule has 0 amide bonds. The van der Waals surface area contributed by atoms with Gasteiger partial charge in [-0.25, -0.2) is 0 Å². The van der Waals surface area contributed by atoms with Crippen molar-refractivity contribution in [2.24, 2.45) is 0 Å². The van der Waals surface area contributed by atoms with Gasteiger partial charge in [-0.2, -0.15) is 0 Å². The van der Waals surface area contributed by atoms with E-state index in [4.69, 9.17) is 4.74 Å². The number of aliphatic hydroxyl groups excluding tert-OH is 1. The van der Waals surface area contributed by atoms with Gasteiger partial charge >= 0.3 is 5.97 Å². The smallest absolute Gasteiger partial charge is 0.306 e. The summed E-state index contributed by atoms with van der Waals surface area (Å²) in [7, 11) is 0. The van der Waals surface area contributed by atoms with Crippen LogP contribution in [0.1, 0.15) is 143 Å². The van der Waals surface area contributed by atoms with Crippen molar-refractivity contribution in [3.8, 4) is 0 Å². The summed E-state index contributed by atoms with van der Waals surface area (Å²) in [6.07, 6.45) is 22.2. The van der Waals surface area contributed by atoms with Gasteiger partial charge in [0.1, 0.15) is 6.10 Å². The van der Waals surface area contributed by atoms with Crippen LogP contribution in [0.4, 0.5) is 0 Å².